The summed E-state index contributed by atoms with van der Waals surface area (Å²) >= 11 is 1.49. The number of carbonyl (C=O) groups excluding carboxylic acids is 1. The molecule has 1 amide bonds. The molecule has 3 heterocycles. The maximum atomic E-state index is 15.0. The Morgan fingerprint density at radius 2 is 2.09 bits per heavy atom. The van der Waals surface area contributed by atoms with Crippen molar-refractivity contribution in [1.29, 1.82) is 0 Å². The molecule has 11 heteroatoms. The lowest BCUT2D eigenvalue weighted by molar-refractivity contribution is -0.120. The Hall–Kier alpha value is -2.76. The summed E-state index contributed by atoms with van der Waals surface area (Å²) in [5.74, 6) is -0.464. The Labute approximate surface area is 207 Å². The van der Waals surface area contributed by atoms with Crippen molar-refractivity contribution in [1.82, 2.24) is 9.97 Å². The summed E-state index contributed by atoms with van der Waals surface area (Å²) in [6, 6.07) is 4.45. The van der Waals surface area contributed by atoms with Gasteiger partial charge in [0, 0.05) is 29.7 Å². The highest BCUT2D eigenvalue weighted by atomic mass is 32.2. The van der Waals surface area contributed by atoms with Crippen LogP contribution in [0.15, 0.2) is 35.6 Å². The molecule has 0 spiro atoms. The molecule has 3 atom stereocenters. The van der Waals surface area contributed by atoms with E-state index in [4.69, 9.17) is 19.9 Å². The van der Waals surface area contributed by atoms with E-state index in [1.165, 1.54) is 36.3 Å². The van der Waals surface area contributed by atoms with E-state index in [-0.39, 0.29) is 21.8 Å². The van der Waals surface area contributed by atoms with E-state index in [2.05, 4.69) is 27.2 Å². The van der Waals surface area contributed by atoms with E-state index in [0.29, 0.717) is 48.7 Å². The van der Waals surface area contributed by atoms with E-state index in [1.54, 1.807) is 13.2 Å². The highest BCUT2D eigenvalue weighted by Gasteiger charge is 2.66. The first-order chi connectivity index (χ1) is 16.7. The largest absolute Gasteiger partial charge is 0.476 e. The lowest BCUT2D eigenvalue weighted by Gasteiger charge is -2.37. The fraction of sp³-hybridized carbons (Fsp3) is 0.500. The molecule has 0 radical (unpaired) electrons. The number of amides is 1. The number of halogens is 1. The van der Waals surface area contributed by atoms with Crippen molar-refractivity contribution in [2.24, 2.45) is 22.1 Å². The minimum atomic E-state index is -0.862. The average Bonchev–Trinajstić information content (AvgIpc) is 3.53. The van der Waals surface area contributed by atoms with Gasteiger partial charge in [-0.15, -0.1) is 0 Å². The van der Waals surface area contributed by atoms with Gasteiger partial charge >= 0.3 is 0 Å². The van der Waals surface area contributed by atoms with E-state index in [1.807, 2.05) is 6.92 Å². The van der Waals surface area contributed by atoms with Crippen molar-refractivity contribution in [3.8, 4) is 5.88 Å². The SMILES string of the molecule is COC[C@]12C[C@H]1[C@](C)(c1cc(NC(=O)c3cnc(OCC4(C)COC4)cn3)ccc1F)N=C(N)S2. The van der Waals surface area contributed by atoms with Crippen LogP contribution in [0, 0.1) is 17.2 Å². The predicted molar refractivity (Wildman–Crippen MR) is 130 cm³/mol. The molecule has 2 aromatic rings. The van der Waals surface area contributed by atoms with Gasteiger partial charge in [-0.3, -0.25) is 9.79 Å². The van der Waals surface area contributed by atoms with Crippen LogP contribution >= 0.6 is 11.8 Å². The lowest BCUT2D eigenvalue weighted by Crippen LogP contribution is -2.44. The zero-order valence-electron chi connectivity index (χ0n) is 19.8. The van der Waals surface area contributed by atoms with Crippen LogP contribution in [0.4, 0.5) is 10.1 Å². The standard InChI is InChI=1S/C24H28FN5O4S/c1-22(10-33-11-22)12-34-19-9-27-17(8-28-19)20(31)29-14-4-5-16(25)15(6-14)23(2)18-7-24(18,13-32-3)35-21(26)30-23/h4-6,8-9,18H,7,10-13H2,1-3H3,(H2,26,30)(H,29,31)/t18-,23-,24+/m0/s1. The lowest BCUT2D eigenvalue weighted by atomic mass is 9.85. The Kier molecular flexibility index (Phi) is 5.97. The first-order valence-corrected chi connectivity index (χ1v) is 12.2. The normalized spacial score (nSPS) is 28.3. The van der Waals surface area contributed by atoms with E-state index in [9.17, 15) is 4.79 Å². The summed E-state index contributed by atoms with van der Waals surface area (Å²) in [6.45, 7) is 6.21. The van der Waals surface area contributed by atoms with Crippen LogP contribution in [-0.4, -0.2) is 59.3 Å². The predicted octanol–water partition coefficient (Wildman–Crippen LogP) is 2.97. The number of aliphatic imine (C=N–C) groups is 1. The van der Waals surface area contributed by atoms with Gasteiger partial charge in [0.05, 0.1) is 49.1 Å². The third kappa shape index (κ3) is 4.48. The number of ether oxygens (including phenoxy) is 3. The number of nitrogens with two attached hydrogens (primary N) is 1. The molecule has 5 rings (SSSR count). The summed E-state index contributed by atoms with van der Waals surface area (Å²) in [5.41, 5.74) is 6.17. The molecule has 1 aromatic heterocycles. The van der Waals surface area contributed by atoms with Gasteiger partial charge in [0.2, 0.25) is 5.88 Å². The van der Waals surface area contributed by atoms with E-state index in [0.717, 1.165) is 6.42 Å². The number of amidine groups is 1. The van der Waals surface area contributed by atoms with E-state index < -0.39 is 17.3 Å². The molecule has 1 aromatic carbocycles. The quantitative estimate of drug-likeness (QED) is 0.566. The Morgan fingerprint density at radius 3 is 2.74 bits per heavy atom. The van der Waals surface area contributed by atoms with Crippen molar-refractivity contribution in [3.05, 3.63) is 47.7 Å². The number of methoxy groups -OCH3 is 1. The van der Waals surface area contributed by atoms with Gasteiger partial charge in [0.1, 0.15) is 11.5 Å². The number of carbonyl (C=O) groups is 1. The average molecular weight is 502 g/mol. The maximum absolute atomic E-state index is 15.0. The number of nitrogens with zero attached hydrogens (tertiary/aromatic N) is 3. The van der Waals surface area contributed by atoms with Gasteiger partial charge in [0.25, 0.3) is 5.91 Å². The van der Waals surface area contributed by atoms with Crippen molar-refractivity contribution in [2.45, 2.75) is 30.6 Å². The molecule has 0 bridgehead atoms. The highest BCUT2D eigenvalue weighted by Crippen LogP contribution is 2.66. The second-order valence-corrected chi connectivity index (χ2v) is 11.4. The molecule has 1 saturated heterocycles. The first kappa shape index (κ1) is 24.0. The zero-order valence-corrected chi connectivity index (χ0v) is 20.7. The molecule has 9 nitrogen and oxygen atoms in total. The molecular weight excluding hydrogens is 473 g/mol. The number of fused-ring (bicyclic) bond motifs is 1. The molecule has 3 aliphatic rings. The van der Waals surface area contributed by atoms with Crippen LogP contribution in [0.25, 0.3) is 0 Å². The molecule has 3 N–H and O–H groups in total. The molecule has 2 aliphatic heterocycles. The van der Waals surface area contributed by atoms with Crippen molar-refractivity contribution in [3.63, 3.8) is 0 Å². The summed E-state index contributed by atoms with van der Waals surface area (Å²) < 4.78 is 31.1. The molecule has 1 aliphatic carbocycles. The number of nitrogens with one attached hydrogen (secondary N) is 1. The third-order valence-electron chi connectivity index (χ3n) is 6.84. The topological polar surface area (TPSA) is 121 Å². The minimum Gasteiger partial charge on any atom is -0.476 e. The number of aromatic nitrogens is 2. The maximum Gasteiger partial charge on any atom is 0.275 e. The van der Waals surface area contributed by atoms with Crippen LogP contribution in [0.3, 0.4) is 0 Å². The van der Waals surface area contributed by atoms with Crippen LogP contribution in [-0.2, 0) is 15.0 Å². The van der Waals surface area contributed by atoms with Gasteiger partial charge in [-0.1, -0.05) is 18.7 Å². The number of rotatable bonds is 8. The fourth-order valence-corrected chi connectivity index (χ4v) is 6.26. The van der Waals surface area contributed by atoms with Gasteiger partial charge in [-0.2, -0.15) is 0 Å². The van der Waals surface area contributed by atoms with Gasteiger partial charge in [-0.25, -0.2) is 14.4 Å². The van der Waals surface area contributed by atoms with E-state index >= 15 is 4.39 Å². The van der Waals surface area contributed by atoms with Crippen molar-refractivity contribution in [2.75, 3.05) is 38.9 Å². The number of anilines is 1. The second-order valence-electron chi connectivity index (χ2n) is 9.93. The smallest absolute Gasteiger partial charge is 0.275 e. The number of benzene rings is 1. The van der Waals surface area contributed by atoms with Crippen LogP contribution in [0.5, 0.6) is 5.88 Å². The highest BCUT2D eigenvalue weighted by molar-refractivity contribution is 8.15. The molecule has 0 unspecified atom stereocenters. The summed E-state index contributed by atoms with van der Waals surface area (Å²) in [4.78, 5) is 25.7. The first-order valence-electron chi connectivity index (χ1n) is 11.3. The number of hydrogen-bond acceptors (Lipinski definition) is 9. The number of thioether (sulfide) groups is 1. The van der Waals surface area contributed by atoms with Crippen LogP contribution in [0.1, 0.15) is 36.3 Å². The van der Waals surface area contributed by atoms with Gasteiger partial charge in [-0.05, 0) is 31.5 Å². The van der Waals surface area contributed by atoms with Crippen LogP contribution < -0.4 is 15.8 Å². The minimum absolute atomic E-state index is 0.0237. The molecule has 186 valence electrons. The second kappa shape index (κ2) is 8.72. The Morgan fingerprint density at radius 1 is 1.29 bits per heavy atom. The summed E-state index contributed by atoms with van der Waals surface area (Å²) in [7, 11) is 1.64. The Bertz CT molecular complexity index is 1180. The Balaban J connectivity index is 1.30. The summed E-state index contributed by atoms with van der Waals surface area (Å²) in [6.07, 6.45) is 3.58. The zero-order chi connectivity index (χ0) is 24.8. The molecular formula is C24H28FN5O4S. The third-order valence-corrected chi connectivity index (χ3v) is 8.12. The van der Waals surface area contributed by atoms with Crippen LogP contribution in [0.2, 0.25) is 0 Å². The summed E-state index contributed by atoms with van der Waals surface area (Å²) in [5, 5.41) is 3.18. The monoisotopic (exact) mass is 501 g/mol. The molecule has 35 heavy (non-hydrogen) atoms. The molecule has 1 saturated carbocycles. The van der Waals surface area contributed by atoms with Crippen molar-refractivity contribution >= 4 is 28.5 Å². The molecule has 2 fully saturated rings. The fourth-order valence-electron chi connectivity index (χ4n) is 4.81. The number of hydrogen-bond donors (Lipinski definition) is 2. The van der Waals surface area contributed by atoms with Gasteiger partial charge < -0.3 is 25.3 Å². The van der Waals surface area contributed by atoms with Crippen molar-refractivity contribution < 1.29 is 23.4 Å². The van der Waals surface area contributed by atoms with Gasteiger partial charge in [0.15, 0.2) is 5.17 Å².